The van der Waals surface area contributed by atoms with Crippen molar-refractivity contribution in [1.29, 1.82) is 0 Å². The van der Waals surface area contributed by atoms with Gasteiger partial charge in [-0.15, -0.1) is 0 Å². The van der Waals surface area contributed by atoms with Crippen molar-refractivity contribution < 1.29 is 34.1 Å². The second-order valence-corrected chi connectivity index (χ2v) is 2.34. The van der Waals surface area contributed by atoms with Crippen molar-refractivity contribution in [3.8, 4) is 0 Å². The second kappa shape index (κ2) is 6.55. The summed E-state index contributed by atoms with van der Waals surface area (Å²) >= 11 is 0. The molecule has 0 fully saturated rings. The lowest BCUT2D eigenvalue weighted by Crippen LogP contribution is -2.26. The Kier molecular flexibility index (Phi) is 5.72. The van der Waals surface area contributed by atoms with Gasteiger partial charge in [0, 0.05) is 12.2 Å². The van der Waals surface area contributed by atoms with Gasteiger partial charge in [-0.3, -0.25) is 0 Å². The Morgan fingerprint density at radius 1 is 1.27 bits per heavy atom. The fraction of sp³-hybridized carbons (Fsp3) is 0.375. The minimum absolute atomic E-state index is 0.681. The van der Waals surface area contributed by atoms with E-state index >= 15 is 0 Å². The molecule has 0 aromatic carbocycles. The number of esters is 2. The van der Waals surface area contributed by atoms with Crippen LogP contribution in [0.1, 0.15) is 0 Å². The lowest BCUT2D eigenvalue weighted by Gasteiger charge is -2.04. The third-order valence-corrected chi connectivity index (χ3v) is 1.23. The van der Waals surface area contributed by atoms with E-state index in [0.29, 0.717) is 0 Å². The maximum absolute atomic E-state index is 10.8. The molecule has 0 aliphatic carbocycles. The van der Waals surface area contributed by atoms with Crippen LogP contribution in [0.5, 0.6) is 0 Å². The van der Waals surface area contributed by atoms with Crippen LogP contribution < -0.4 is 0 Å². The Balaban J connectivity index is 3.90. The molecule has 1 atom stereocenters. The predicted octanol–water partition coefficient (Wildman–Crippen LogP) is -1.30. The molecule has 0 spiro atoms. The summed E-state index contributed by atoms with van der Waals surface area (Å²) in [5, 5.41) is 16.9. The summed E-state index contributed by atoms with van der Waals surface area (Å²) in [5.74, 6) is -3.19. The molecule has 0 saturated carbocycles. The summed E-state index contributed by atoms with van der Waals surface area (Å²) in [6.07, 6.45) is -0.198. The van der Waals surface area contributed by atoms with Crippen LogP contribution in [0.3, 0.4) is 0 Å². The second-order valence-electron chi connectivity index (χ2n) is 2.34. The molecule has 0 radical (unpaired) electrons. The molecule has 7 heteroatoms. The molecule has 0 rings (SSSR count). The predicted molar refractivity (Wildman–Crippen MR) is 45.8 cm³/mol. The first-order chi connectivity index (χ1) is 6.97. The van der Waals surface area contributed by atoms with E-state index in [1.807, 2.05) is 0 Å². The van der Waals surface area contributed by atoms with Crippen LogP contribution in [0, 0.1) is 0 Å². The molecule has 0 aliphatic rings. The molecule has 7 nitrogen and oxygen atoms in total. The van der Waals surface area contributed by atoms with E-state index in [1.165, 1.54) is 0 Å². The number of carbonyl (C=O) groups is 3. The number of aliphatic hydroxyl groups excluding tert-OH is 1. The maximum Gasteiger partial charge on any atom is 0.336 e. The first-order valence-corrected chi connectivity index (χ1v) is 3.81. The average Bonchev–Trinajstić information content (AvgIpc) is 2.21. The average molecular weight is 218 g/mol. The van der Waals surface area contributed by atoms with Gasteiger partial charge >= 0.3 is 17.9 Å². The summed E-state index contributed by atoms with van der Waals surface area (Å²) in [6, 6.07) is 0. The number of methoxy groups -OCH3 is 1. The highest BCUT2D eigenvalue weighted by Gasteiger charge is 2.14. The fourth-order valence-corrected chi connectivity index (χ4v) is 0.485. The minimum Gasteiger partial charge on any atom is -0.479 e. The molecule has 0 aromatic rings. The van der Waals surface area contributed by atoms with Gasteiger partial charge in [-0.05, 0) is 0 Å². The zero-order valence-corrected chi connectivity index (χ0v) is 7.87. The molecule has 0 saturated heterocycles. The molecule has 15 heavy (non-hydrogen) atoms. The van der Waals surface area contributed by atoms with Crippen molar-refractivity contribution in [2.75, 3.05) is 13.7 Å². The van der Waals surface area contributed by atoms with E-state index < -0.39 is 30.6 Å². The van der Waals surface area contributed by atoms with Gasteiger partial charge in [0.25, 0.3) is 0 Å². The van der Waals surface area contributed by atoms with Gasteiger partial charge in [0.1, 0.15) is 6.61 Å². The van der Waals surface area contributed by atoms with E-state index in [0.717, 1.165) is 19.3 Å². The molecule has 0 amide bonds. The van der Waals surface area contributed by atoms with Crippen molar-refractivity contribution in [1.82, 2.24) is 0 Å². The first kappa shape index (κ1) is 13.1. The number of carboxylic acids is 1. The number of hydrogen-bond acceptors (Lipinski definition) is 6. The van der Waals surface area contributed by atoms with E-state index in [-0.39, 0.29) is 0 Å². The van der Waals surface area contributed by atoms with Gasteiger partial charge in [0.05, 0.1) is 7.11 Å². The van der Waals surface area contributed by atoms with Crippen LogP contribution in [-0.4, -0.2) is 47.9 Å². The van der Waals surface area contributed by atoms with Crippen molar-refractivity contribution in [3.05, 3.63) is 12.2 Å². The van der Waals surface area contributed by atoms with Gasteiger partial charge in [-0.25, -0.2) is 14.4 Å². The van der Waals surface area contributed by atoms with Gasteiger partial charge < -0.3 is 19.7 Å². The summed E-state index contributed by atoms with van der Waals surface area (Å²) in [6.45, 7) is -0.681. The molecule has 1 unspecified atom stereocenters. The van der Waals surface area contributed by atoms with Crippen LogP contribution in [0.4, 0.5) is 0 Å². The van der Waals surface area contributed by atoms with Gasteiger partial charge in [0.2, 0.25) is 0 Å². The van der Waals surface area contributed by atoms with Crippen LogP contribution in [0.2, 0.25) is 0 Å². The monoisotopic (exact) mass is 218 g/mol. The van der Waals surface area contributed by atoms with E-state index in [4.69, 9.17) is 10.2 Å². The van der Waals surface area contributed by atoms with Crippen LogP contribution in [-0.2, 0) is 23.9 Å². The number of rotatable bonds is 5. The number of hydrogen-bond donors (Lipinski definition) is 2. The lowest BCUT2D eigenvalue weighted by atomic mass is 10.4. The zero-order valence-electron chi connectivity index (χ0n) is 7.87. The van der Waals surface area contributed by atoms with E-state index in [1.54, 1.807) is 0 Å². The number of carbonyl (C=O) groups excluding carboxylic acids is 2. The number of aliphatic hydroxyl groups is 1. The minimum atomic E-state index is -1.78. The Hall–Kier alpha value is -1.89. The van der Waals surface area contributed by atoms with Crippen LogP contribution in [0.25, 0.3) is 0 Å². The quantitative estimate of drug-likeness (QED) is 0.436. The number of ether oxygens (including phenoxy) is 2. The molecule has 0 aliphatic heterocycles. The standard InChI is InChI=1S/C8H10O7/c1-14-6(10)2-3-7(11)15-4-5(9)8(12)13/h2-3,5,9H,4H2,1H3,(H,12,13)/b3-2+. The number of carboxylic acid groups (broad SMARTS) is 1. The van der Waals surface area contributed by atoms with Crippen molar-refractivity contribution in [2.24, 2.45) is 0 Å². The highest BCUT2D eigenvalue weighted by molar-refractivity contribution is 5.91. The van der Waals surface area contributed by atoms with Crippen LogP contribution in [0.15, 0.2) is 12.2 Å². The largest absolute Gasteiger partial charge is 0.479 e. The Bertz CT molecular complexity index is 281. The molecule has 0 bridgehead atoms. The van der Waals surface area contributed by atoms with Gasteiger partial charge in [0.15, 0.2) is 6.10 Å². The van der Waals surface area contributed by atoms with Crippen molar-refractivity contribution in [3.63, 3.8) is 0 Å². The van der Waals surface area contributed by atoms with Crippen molar-refractivity contribution >= 4 is 17.9 Å². The van der Waals surface area contributed by atoms with Gasteiger partial charge in [-0.2, -0.15) is 0 Å². The molecule has 0 heterocycles. The summed E-state index contributed by atoms with van der Waals surface area (Å²) < 4.78 is 8.48. The molecule has 2 N–H and O–H groups in total. The molecule has 84 valence electrons. The number of aliphatic carboxylic acids is 1. The third-order valence-electron chi connectivity index (χ3n) is 1.23. The maximum atomic E-state index is 10.8. The Morgan fingerprint density at radius 2 is 1.80 bits per heavy atom. The molecule has 0 aromatic heterocycles. The first-order valence-electron chi connectivity index (χ1n) is 3.81. The van der Waals surface area contributed by atoms with E-state index in [9.17, 15) is 14.4 Å². The lowest BCUT2D eigenvalue weighted by molar-refractivity contribution is -0.154. The normalized spacial score (nSPS) is 12.1. The third kappa shape index (κ3) is 6.22. The smallest absolute Gasteiger partial charge is 0.336 e. The Labute approximate surface area is 84.9 Å². The highest BCUT2D eigenvalue weighted by atomic mass is 16.5. The molecular formula is C8H10O7. The molecular weight excluding hydrogens is 208 g/mol. The van der Waals surface area contributed by atoms with Crippen LogP contribution >= 0.6 is 0 Å². The highest BCUT2D eigenvalue weighted by Crippen LogP contribution is 1.89. The zero-order chi connectivity index (χ0) is 11.8. The van der Waals surface area contributed by atoms with Crippen molar-refractivity contribution in [2.45, 2.75) is 6.10 Å². The Morgan fingerprint density at radius 3 is 2.27 bits per heavy atom. The summed E-state index contributed by atoms with van der Waals surface area (Å²) in [4.78, 5) is 31.4. The SMILES string of the molecule is COC(=O)/C=C/C(=O)OCC(O)C(=O)O. The summed E-state index contributed by atoms with van der Waals surface area (Å²) in [5.41, 5.74) is 0. The topological polar surface area (TPSA) is 110 Å². The summed E-state index contributed by atoms with van der Waals surface area (Å²) in [7, 11) is 1.13. The van der Waals surface area contributed by atoms with Gasteiger partial charge in [-0.1, -0.05) is 0 Å². The fourth-order valence-electron chi connectivity index (χ4n) is 0.485. The van der Waals surface area contributed by atoms with E-state index in [2.05, 4.69) is 9.47 Å².